The van der Waals surface area contributed by atoms with Gasteiger partial charge in [-0.1, -0.05) is 60.7 Å². The van der Waals surface area contributed by atoms with Crippen LogP contribution in [0.1, 0.15) is 30.4 Å². The van der Waals surface area contributed by atoms with E-state index in [4.69, 9.17) is 14.2 Å². The molecule has 1 heterocycles. The van der Waals surface area contributed by atoms with Crippen molar-refractivity contribution in [3.05, 3.63) is 71.8 Å². The molecule has 0 unspecified atom stereocenters. The van der Waals surface area contributed by atoms with Crippen molar-refractivity contribution in [1.29, 1.82) is 0 Å². The van der Waals surface area contributed by atoms with Gasteiger partial charge in [-0.15, -0.1) is 0 Å². The van der Waals surface area contributed by atoms with E-state index in [9.17, 15) is 14.4 Å². The molecule has 162 valence electrons. The number of amides is 1. The van der Waals surface area contributed by atoms with E-state index < -0.39 is 18.1 Å². The van der Waals surface area contributed by atoms with E-state index in [1.54, 1.807) is 0 Å². The van der Waals surface area contributed by atoms with E-state index in [2.05, 4.69) is 5.32 Å². The molecule has 1 saturated heterocycles. The van der Waals surface area contributed by atoms with E-state index in [0.29, 0.717) is 19.3 Å². The highest BCUT2D eigenvalue weighted by molar-refractivity contribution is 5.87. The average Bonchev–Trinajstić information content (AvgIpc) is 3.61. The van der Waals surface area contributed by atoms with Crippen LogP contribution >= 0.6 is 0 Å². The molecular formula is C24H25NO6. The summed E-state index contributed by atoms with van der Waals surface area (Å²) < 4.78 is 16.2. The molecule has 2 fully saturated rings. The predicted octanol–water partition coefficient (Wildman–Crippen LogP) is 3.16. The summed E-state index contributed by atoms with van der Waals surface area (Å²) >= 11 is 0. The van der Waals surface area contributed by atoms with Gasteiger partial charge in [0.25, 0.3) is 0 Å². The monoisotopic (exact) mass is 423 g/mol. The average molecular weight is 423 g/mol. The van der Waals surface area contributed by atoms with Crippen molar-refractivity contribution in [3.63, 3.8) is 0 Å². The largest absolute Gasteiger partial charge is 0.459 e. The first-order chi connectivity index (χ1) is 15.1. The van der Waals surface area contributed by atoms with Crippen LogP contribution in [0.5, 0.6) is 0 Å². The molecule has 0 bridgehead atoms. The standard InChI is InChI=1S/C24H25NO6/c26-20-12-11-18(21-22(20)31-21)13-19(23(27)29-14-16-7-3-1-4-8-16)25-24(28)30-15-17-9-5-2-6-10-17/h1-10,18-19,21-22H,11-15H2,(H,25,28)/t18-,19-,21-,22+/m1/s1. The zero-order valence-corrected chi connectivity index (χ0v) is 17.1. The van der Waals surface area contributed by atoms with Crippen LogP contribution in [0.3, 0.4) is 0 Å². The van der Waals surface area contributed by atoms with Crippen LogP contribution in [0.25, 0.3) is 0 Å². The predicted molar refractivity (Wildman–Crippen MR) is 111 cm³/mol. The maximum atomic E-state index is 12.8. The van der Waals surface area contributed by atoms with Gasteiger partial charge in [0.2, 0.25) is 0 Å². The SMILES string of the molecule is O=C(N[C@H](C[C@H]1CCC(=O)[C@@H]2O[C@H]12)C(=O)OCc1ccccc1)OCc1ccccc1. The Bertz CT molecular complexity index is 916. The number of alkyl carbamates (subject to hydrolysis) is 1. The molecule has 7 heteroatoms. The molecular weight excluding hydrogens is 398 g/mol. The molecule has 4 rings (SSSR count). The van der Waals surface area contributed by atoms with Crippen LogP contribution in [0.4, 0.5) is 4.79 Å². The Morgan fingerprint density at radius 3 is 2.23 bits per heavy atom. The number of hydrogen-bond acceptors (Lipinski definition) is 6. The van der Waals surface area contributed by atoms with Crippen molar-refractivity contribution < 1.29 is 28.6 Å². The molecule has 1 N–H and O–H groups in total. The normalized spacial score (nSPS) is 22.7. The van der Waals surface area contributed by atoms with Gasteiger partial charge in [-0.25, -0.2) is 9.59 Å². The molecule has 1 saturated carbocycles. The summed E-state index contributed by atoms with van der Waals surface area (Å²) in [5, 5.41) is 2.64. The minimum absolute atomic E-state index is 0.00592. The quantitative estimate of drug-likeness (QED) is 0.518. The summed E-state index contributed by atoms with van der Waals surface area (Å²) in [6, 6.07) is 17.7. The van der Waals surface area contributed by atoms with Gasteiger partial charge >= 0.3 is 12.1 Å². The number of hydrogen-bond donors (Lipinski definition) is 1. The van der Waals surface area contributed by atoms with Crippen molar-refractivity contribution in [2.75, 3.05) is 0 Å². The number of ether oxygens (including phenoxy) is 3. The van der Waals surface area contributed by atoms with E-state index >= 15 is 0 Å². The third-order valence-corrected chi connectivity index (χ3v) is 5.62. The Balaban J connectivity index is 1.36. The molecule has 0 aromatic heterocycles. The summed E-state index contributed by atoms with van der Waals surface area (Å²) in [6.07, 6.45) is 0.171. The van der Waals surface area contributed by atoms with E-state index in [-0.39, 0.29) is 37.1 Å². The second-order valence-electron chi connectivity index (χ2n) is 7.87. The minimum atomic E-state index is -0.880. The van der Waals surface area contributed by atoms with Crippen LogP contribution < -0.4 is 5.32 Å². The first kappa shape index (κ1) is 21.1. The third-order valence-electron chi connectivity index (χ3n) is 5.62. The molecule has 0 radical (unpaired) electrons. The molecule has 2 aliphatic rings. The molecule has 2 aromatic carbocycles. The zero-order chi connectivity index (χ0) is 21.6. The highest BCUT2D eigenvalue weighted by Gasteiger charge is 2.53. The van der Waals surface area contributed by atoms with Gasteiger partial charge in [0.05, 0.1) is 6.10 Å². The second-order valence-corrected chi connectivity index (χ2v) is 7.87. The topological polar surface area (TPSA) is 94.2 Å². The molecule has 1 aliphatic heterocycles. The number of carbonyl (C=O) groups is 3. The highest BCUT2D eigenvalue weighted by Crippen LogP contribution is 2.40. The molecule has 31 heavy (non-hydrogen) atoms. The first-order valence-corrected chi connectivity index (χ1v) is 10.5. The van der Waals surface area contributed by atoms with Gasteiger partial charge in [-0.3, -0.25) is 4.79 Å². The lowest BCUT2D eigenvalue weighted by molar-refractivity contribution is -0.148. The summed E-state index contributed by atoms with van der Waals surface area (Å²) in [5.41, 5.74) is 1.70. The fourth-order valence-corrected chi connectivity index (χ4v) is 3.88. The molecule has 2 aromatic rings. The van der Waals surface area contributed by atoms with Crippen molar-refractivity contribution in [2.45, 2.75) is 50.7 Å². The van der Waals surface area contributed by atoms with Gasteiger partial charge in [-0.05, 0) is 29.9 Å². The van der Waals surface area contributed by atoms with Crippen molar-refractivity contribution in [3.8, 4) is 0 Å². The highest BCUT2D eigenvalue weighted by atomic mass is 16.6. The Labute approximate surface area is 180 Å². The molecule has 7 nitrogen and oxygen atoms in total. The van der Waals surface area contributed by atoms with E-state index in [1.165, 1.54) is 0 Å². The summed E-state index contributed by atoms with van der Waals surface area (Å²) in [7, 11) is 0. The van der Waals surface area contributed by atoms with Crippen molar-refractivity contribution in [1.82, 2.24) is 5.32 Å². The Kier molecular flexibility index (Phi) is 6.62. The number of fused-ring (bicyclic) bond motifs is 1. The fourth-order valence-electron chi connectivity index (χ4n) is 3.88. The number of esters is 1. The van der Waals surface area contributed by atoms with Gasteiger partial charge in [0.15, 0.2) is 5.78 Å². The van der Waals surface area contributed by atoms with Gasteiger partial charge < -0.3 is 19.5 Å². The fraction of sp³-hybridized carbons (Fsp3) is 0.375. The zero-order valence-electron chi connectivity index (χ0n) is 17.1. The van der Waals surface area contributed by atoms with Gasteiger partial charge in [-0.2, -0.15) is 0 Å². The number of ketones is 1. The summed E-state index contributed by atoms with van der Waals surface area (Å²) in [4.78, 5) is 36.9. The Morgan fingerprint density at radius 1 is 0.968 bits per heavy atom. The minimum Gasteiger partial charge on any atom is -0.459 e. The Hall–Kier alpha value is -3.19. The number of rotatable bonds is 8. The summed E-state index contributed by atoms with van der Waals surface area (Å²) in [6.45, 7) is 0.215. The van der Waals surface area contributed by atoms with Crippen LogP contribution in [-0.4, -0.2) is 36.1 Å². The summed E-state index contributed by atoms with van der Waals surface area (Å²) in [5.74, 6) is -0.416. The molecule has 1 amide bonds. The molecule has 0 spiro atoms. The second kappa shape index (κ2) is 9.75. The van der Waals surface area contributed by atoms with Crippen LogP contribution in [0.15, 0.2) is 60.7 Å². The molecule has 1 aliphatic carbocycles. The van der Waals surface area contributed by atoms with Crippen molar-refractivity contribution >= 4 is 17.8 Å². The third kappa shape index (κ3) is 5.70. The Morgan fingerprint density at radius 2 is 1.58 bits per heavy atom. The molecule has 4 atom stereocenters. The lowest BCUT2D eigenvalue weighted by Crippen LogP contribution is -2.44. The van der Waals surface area contributed by atoms with Gasteiger partial charge in [0, 0.05) is 6.42 Å². The number of carbonyl (C=O) groups excluding carboxylic acids is 3. The first-order valence-electron chi connectivity index (χ1n) is 10.5. The van der Waals surface area contributed by atoms with E-state index in [0.717, 1.165) is 11.1 Å². The maximum Gasteiger partial charge on any atom is 0.408 e. The van der Waals surface area contributed by atoms with Gasteiger partial charge in [0.1, 0.15) is 25.4 Å². The van der Waals surface area contributed by atoms with Crippen molar-refractivity contribution in [2.24, 2.45) is 5.92 Å². The smallest absolute Gasteiger partial charge is 0.408 e. The number of Topliss-reactive ketones (excluding diaryl/α,β-unsaturated/α-hetero) is 1. The lowest BCUT2D eigenvalue weighted by Gasteiger charge is -2.23. The maximum absolute atomic E-state index is 12.8. The lowest BCUT2D eigenvalue weighted by atomic mass is 9.84. The number of benzene rings is 2. The van der Waals surface area contributed by atoms with Crippen LogP contribution in [0.2, 0.25) is 0 Å². The van der Waals surface area contributed by atoms with E-state index in [1.807, 2.05) is 60.7 Å². The number of epoxide rings is 1. The van der Waals surface area contributed by atoms with Crippen LogP contribution in [-0.2, 0) is 37.0 Å². The van der Waals surface area contributed by atoms with Crippen LogP contribution in [0, 0.1) is 5.92 Å². The number of nitrogens with one attached hydrogen (secondary N) is 1.